The van der Waals surface area contributed by atoms with Crippen molar-refractivity contribution in [2.75, 3.05) is 6.54 Å². The molecule has 1 aromatic heterocycles. The standard InChI is InChI=1S/C30H39N5O5/c1-18(2)27-28(37)32-19(3)29(38)35-14-8-10-25(34-35)30(39)40-20(4)21-12-13-22-17-31-24(16-23(22)15-21)9-6-5-7-11-26(36)33-27/h6,9,12-13,15-20,25,27,34H,5,7-8,10-11,14H2,1-4H3,(H,32,37)(H,33,36)/t19-,20?,25-,27-/m0/s1. The molecule has 2 aliphatic rings. The molecule has 4 atom stereocenters. The first kappa shape index (κ1) is 29.2. The van der Waals surface area contributed by atoms with Crippen molar-refractivity contribution >= 4 is 40.5 Å². The van der Waals surface area contributed by atoms with E-state index in [1.54, 1.807) is 13.1 Å². The number of hydrazine groups is 1. The van der Waals surface area contributed by atoms with Gasteiger partial charge < -0.3 is 15.4 Å². The third kappa shape index (κ3) is 7.24. The first-order valence-corrected chi connectivity index (χ1v) is 14.1. The Kier molecular flexibility index (Phi) is 9.52. The van der Waals surface area contributed by atoms with Crippen LogP contribution in [0.25, 0.3) is 16.8 Å². The lowest BCUT2D eigenvalue weighted by Crippen LogP contribution is -2.61. The van der Waals surface area contributed by atoms with Crippen LogP contribution in [0.4, 0.5) is 0 Å². The van der Waals surface area contributed by atoms with E-state index in [1.807, 2.05) is 57.2 Å². The number of carbonyl (C=O) groups is 4. The summed E-state index contributed by atoms with van der Waals surface area (Å²) in [5.41, 5.74) is 4.63. The second-order valence-electron chi connectivity index (χ2n) is 10.9. The van der Waals surface area contributed by atoms with Crippen LogP contribution in [0.2, 0.25) is 0 Å². The van der Waals surface area contributed by atoms with E-state index in [9.17, 15) is 19.2 Å². The normalized spacial score (nSPS) is 25.7. The Hall–Kier alpha value is -3.79. The number of carbonyl (C=O) groups excluding carboxylic acids is 4. The Morgan fingerprint density at radius 1 is 1.02 bits per heavy atom. The number of hydrogen-bond acceptors (Lipinski definition) is 7. The number of aromatic nitrogens is 1. The molecule has 3 amide bonds. The van der Waals surface area contributed by atoms with Crippen LogP contribution >= 0.6 is 0 Å². The molecule has 10 heteroatoms. The van der Waals surface area contributed by atoms with Gasteiger partial charge in [-0.1, -0.05) is 32.1 Å². The Balaban J connectivity index is 1.58. The van der Waals surface area contributed by atoms with Gasteiger partial charge in [-0.25, -0.2) is 5.43 Å². The molecular formula is C30H39N5O5. The molecule has 0 radical (unpaired) electrons. The van der Waals surface area contributed by atoms with Crippen molar-refractivity contribution < 1.29 is 23.9 Å². The molecule has 0 aliphatic carbocycles. The van der Waals surface area contributed by atoms with E-state index in [0.29, 0.717) is 32.2 Å². The molecule has 1 saturated heterocycles. The highest BCUT2D eigenvalue weighted by molar-refractivity contribution is 5.92. The minimum absolute atomic E-state index is 0.172. The van der Waals surface area contributed by atoms with Gasteiger partial charge in [0.05, 0.1) is 5.69 Å². The molecule has 40 heavy (non-hydrogen) atoms. The van der Waals surface area contributed by atoms with Crippen LogP contribution in [0.15, 0.2) is 36.5 Å². The fraction of sp³-hybridized carbons (Fsp3) is 0.500. The van der Waals surface area contributed by atoms with Gasteiger partial charge >= 0.3 is 5.97 Å². The molecular weight excluding hydrogens is 510 g/mol. The summed E-state index contributed by atoms with van der Waals surface area (Å²) in [5, 5.41) is 8.88. The van der Waals surface area contributed by atoms with Crippen molar-refractivity contribution in [1.29, 1.82) is 0 Å². The molecule has 4 rings (SSSR count). The number of nitrogens with zero attached hydrogens (tertiary/aromatic N) is 2. The van der Waals surface area contributed by atoms with Crippen LogP contribution in [0.5, 0.6) is 0 Å². The number of ether oxygens (including phenoxy) is 1. The molecule has 1 fully saturated rings. The number of esters is 1. The fourth-order valence-corrected chi connectivity index (χ4v) is 4.92. The Labute approximate surface area is 234 Å². The minimum atomic E-state index is -0.853. The molecule has 2 aliphatic heterocycles. The van der Waals surface area contributed by atoms with E-state index in [2.05, 4.69) is 21.0 Å². The monoisotopic (exact) mass is 549 g/mol. The van der Waals surface area contributed by atoms with Gasteiger partial charge in [0.25, 0.3) is 5.91 Å². The summed E-state index contributed by atoms with van der Waals surface area (Å²) in [6, 6.07) is 5.53. The van der Waals surface area contributed by atoms with Crippen LogP contribution < -0.4 is 16.1 Å². The van der Waals surface area contributed by atoms with Crippen molar-refractivity contribution in [3.63, 3.8) is 0 Å². The number of benzene rings is 1. The lowest BCUT2D eigenvalue weighted by molar-refractivity contribution is -0.157. The Bertz CT molecular complexity index is 1290. The molecule has 0 saturated carbocycles. The summed E-state index contributed by atoms with van der Waals surface area (Å²) in [5.74, 6) is -1.62. The van der Waals surface area contributed by atoms with E-state index in [4.69, 9.17) is 4.74 Å². The molecule has 0 spiro atoms. The van der Waals surface area contributed by atoms with Gasteiger partial charge in [0.2, 0.25) is 11.8 Å². The molecule has 3 N–H and O–H groups in total. The molecule has 10 nitrogen and oxygen atoms in total. The molecule has 2 aromatic rings. The summed E-state index contributed by atoms with van der Waals surface area (Å²) in [6.07, 6.45) is 7.91. The van der Waals surface area contributed by atoms with Gasteiger partial charge in [0, 0.05) is 24.5 Å². The number of pyridine rings is 1. The first-order valence-electron chi connectivity index (χ1n) is 14.1. The van der Waals surface area contributed by atoms with Crippen LogP contribution in [0, 0.1) is 5.92 Å². The second-order valence-corrected chi connectivity index (χ2v) is 10.9. The maximum absolute atomic E-state index is 13.2. The summed E-state index contributed by atoms with van der Waals surface area (Å²) in [7, 11) is 0. The van der Waals surface area contributed by atoms with Crippen LogP contribution in [-0.2, 0) is 23.9 Å². The number of rotatable bonds is 1. The quantitative estimate of drug-likeness (QED) is 0.466. The van der Waals surface area contributed by atoms with Gasteiger partial charge in [0.1, 0.15) is 24.2 Å². The van der Waals surface area contributed by atoms with Crippen molar-refractivity contribution in [3.05, 3.63) is 47.8 Å². The summed E-state index contributed by atoms with van der Waals surface area (Å²) in [6.45, 7) is 7.51. The predicted octanol–water partition coefficient (Wildman–Crippen LogP) is 3.18. The molecule has 1 unspecified atom stereocenters. The van der Waals surface area contributed by atoms with Gasteiger partial charge in [-0.2, -0.15) is 0 Å². The average molecular weight is 550 g/mol. The topological polar surface area (TPSA) is 130 Å². The summed E-state index contributed by atoms with van der Waals surface area (Å²) in [4.78, 5) is 56.4. The number of nitrogens with one attached hydrogen (secondary N) is 3. The number of allylic oxidation sites excluding steroid dienone is 1. The van der Waals surface area contributed by atoms with Gasteiger partial charge in [0.15, 0.2) is 0 Å². The lowest BCUT2D eigenvalue weighted by Gasteiger charge is -2.35. The van der Waals surface area contributed by atoms with Crippen molar-refractivity contribution in [2.45, 2.75) is 84.0 Å². The molecule has 214 valence electrons. The second kappa shape index (κ2) is 13.0. The zero-order valence-electron chi connectivity index (χ0n) is 23.6. The van der Waals surface area contributed by atoms with Gasteiger partial charge in [-0.15, -0.1) is 0 Å². The third-order valence-electron chi connectivity index (χ3n) is 7.32. The highest BCUT2D eigenvalue weighted by Gasteiger charge is 2.33. The fourth-order valence-electron chi connectivity index (χ4n) is 4.92. The first-order chi connectivity index (χ1) is 19.1. The van der Waals surface area contributed by atoms with E-state index in [0.717, 1.165) is 22.0 Å². The largest absolute Gasteiger partial charge is 0.457 e. The average Bonchev–Trinajstić information content (AvgIpc) is 2.94. The number of hydrogen-bond donors (Lipinski definition) is 3. The summed E-state index contributed by atoms with van der Waals surface area (Å²) >= 11 is 0. The summed E-state index contributed by atoms with van der Waals surface area (Å²) < 4.78 is 5.80. The lowest BCUT2D eigenvalue weighted by atomic mass is 10.0. The van der Waals surface area contributed by atoms with E-state index in [-0.39, 0.29) is 24.2 Å². The number of fused-ring (bicyclic) bond motifs is 4. The van der Waals surface area contributed by atoms with Crippen molar-refractivity contribution in [1.82, 2.24) is 26.1 Å². The highest BCUT2D eigenvalue weighted by atomic mass is 16.5. The highest BCUT2D eigenvalue weighted by Crippen LogP contribution is 2.24. The van der Waals surface area contributed by atoms with E-state index < -0.39 is 36.1 Å². The molecule has 3 heterocycles. The molecule has 5 bridgehead atoms. The maximum Gasteiger partial charge on any atom is 0.325 e. The molecule has 1 aromatic carbocycles. The minimum Gasteiger partial charge on any atom is -0.457 e. The van der Waals surface area contributed by atoms with Crippen LogP contribution in [-0.4, -0.2) is 58.4 Å². The Morgan fingerprint density at radius 3 is 2.60 bits per heavy atom. The SMILES string of the molecule is CC1OC(=O)[C@@H]2CCCN(N2)C(=O)[C@H](C)NC(=O)[C@H](C(C)C)NC(=O)CCCC=Cc2cc3cc1ccc3cn2. The smallest absolute Gasteiger partial charge is 0.325 e. The zero-order chi connectivity index (χ0) is 28.8. The van der Waals surface area contributed by atoms with E-state index in [1.165, 1.54) is 5.01 Å². The Morgan fingerprint density at radius 2 is 1.82 bits per heavy atom. The van der Waals surface area contributed by atoms with Crippen molar-refractivity contribution in [2.24, 2.45) is 5.92 Å². The van der Waals surface area contributed by atoms with E-state index >= 15 is 0 Å². The van der Waals surface area contributed by atoms with Gasteiger partial charge in [-0.05, 0) is 74.6 Å². The third-order valence-corrected chi connectivity index (χ3v) is 7.32. The van der Waals surface area contributed by atoms with Gasteiger partial charge in [-0.3, -0.25) is 29.2 Å². The maximum atomic E-state index is 13.2. The van der Waals surface area contributed by atoms with Crippen molar-refractivity contribution in [3.8, 4) is 0 Å². The number of cyclic esters (lactones) is 1. The zero-order valence-corrected chi connectivity index (χ0v) is 23.6. The number of amides is 3. The van der Waals surface area contributed by atoms with Crippen LogP contribution in [0.3, 0.4) is 0 Å². The predicted molar refractivity (Wildman–Crippen MR) is 151 cm³/mol. The van der Waals surface area contributed by atoms with Crippen LogP contribution in [0.1, 0.15) is 77.2 Å².